The van der Waals surface area contributed by atoms with Crippen molar-refractivity contribution in [1.82, 2.24) is 14.5 Å². The summed E-state index contributed by atoms with van der Waals surface area (Å²) in [6.45, 7) is 6.56. The minimum Gasteiger partial charge on any atom is -0.329 e. The standard InChI is InChI=1S/C29H29Cl2N3O2/c1-4-6-17-33(28(35)23-16-13-21(30)18-25(23)31)19(3)27-32-26-10-8-7-9-24(26)29(36)34(27)22-14-11-20(5-2)12-15-22/h7-16,18-19H,4-6,17H2,1-3H3. The maximum Gasteiger partial charge on any atom is 0.266 e. The van der Waals surface area contributed by atoms with Gasteiger partial charge in [0.15, 0.2) is 0 Å². The first-order valence-corrected chi connectivity index (χ1v) is 13.0. The Hall–Kier alpha value is -3.15. The molecule has 1 unspecified atom stereocenters. The van der Waals surface area contributed by atoms with Crippen LogP contribution in [0, 0.1) is 0 Å². The van der Waals surface area contributed by atoms with Crippen molar-refractivity contribution in [2.24, 2.45) is 0 Å². The van der Waals surface area contributed by atoms with Gasteiger partial charge in [-0.05, 0) is 67.8 Å². The molecule has 0 saturated carbocycles. The van der Waals surface area contributed by atoms with E-state index in [0.717, 1.165) is 19.3 Å². The fourth-order valence-electron chi connectivity index (χ4n) is 4.32. The molecule has 0 aliphatic heterocycles. The highest BCUT2D eigenvalue weighted by atomic mass is 35.5. The number of rotatable bonds is 8. The third kappa shape index (κ3) is 5.18. The molecule has 1 atom stereocenters. The molecule has 5 nitrogen and oxygen atoms in total. The third-order valence-electron chi connectivity index (χ3n) is 6.42. The predicted molar refractivity (Wildman–Crippen MR) is 148 cm³/mol. The van der Waals surface area contributed by atoms with Crippen LogP contribution >= 0.6 is 23.2 Å². The molecular formula is C29H29Cl2N3O2. The van der Waals surface area contributed by atoms with Crippen LogP contribution in [0.5, 0.6) is 0 Å². The van der Waals surface area contributed by atoms with E-state index in [2.05, 4.69) is 13.8 Å². The third-order valence-corrected chi connectivity index (χ3v) is 6.97. The highest BCUT2D eigenvalue weighted by molar-refractivity contribution is 6.36. The Morgan fingerprint density at radius 1 is 1.03 bits per heavy atom. The number of unbranched alkanes of at least 4 members (excludes halogenated alkanes) is 1. The molecule has 4 aromatic rings. The topological polar surface area (TPSA) is 55.2 Å². The van der Waals surface area contributed by atoms with Gasteiger partial charge in [-0.1, -0.05) is 67.7 Å². The summed E-state index contributed by atoms with van der Waals surface area (Å²) in [5.74, 6) is 0.269. The number of benzene rings is 3. The Kier molecular flexibility index (Phi) is 8.12. The number of halogens is 2. The number of hydrogen-bond donors (Lipinski definition) is 0. The van der Waals surface area contributed by atoms with Crippen LogP contribution in [-0.4, -0.2) is 26.9 Å². The minimum atomic E-state index is -0.501. The fourth-order valence-corrected chi connectivity index (χ4v) is 4.81. The van der Waals surface area contributed by atoms with Crippen LogP contribution in [0.25, 0.3) is 16.6 Å². The van der Waals surface area contributed by atoms with E-state index < -0.39 is 6.04 Å². The summed E-state index contributed by atoms with van der Waals surface area (Å²) in [6.07, 6.45) is 2.60. The van der Waals surface area contributed by atoms with E-state index in [1.54, 1.807) is 33.7 Å². The van der Waals surface area contributed by atoms with Gasteiger partial charge in [-0.3, -0.25) is 14.2 Å². The molecule has 0 N–H and O–H groups in total. The molecule has 0 bridgehead atoms. The van der Waals surface area contributed by atoms with Gasteiger partial charge in [-0.2, -0.15) is 0 Å². The molecule has 7 heteroatoms. The summed E-state index contributed by atoms with van der Waals surface area (Å²) in [6, 6.07) is 19.6. The number of para-hydroxylation sites is 1. The Morgan fingerprint density at radius 3 is 2.42 bits per heavy atom. The molecule has 3 aromatic carbocycles. The van der Waals surface area contributed by atoms with Crippen LogP contribution in [0.3, 0.4) is 0 Å². The fraction of sp³-hybridized carbons (Fsp3) is 0.276. The van der Waals surface area contributed by atoms with E-state index >= 15 is 0 Å². The lowest BCUT2D eigenvalue weighted by Crippen LogP contribution is -2.38. The predicted octanol–water partition coefficient (Wildman–Crippen LogP) is 7.26. The largest absolute Gasteiger partial charge is 0.329 e. The van der Waals surface area contributed by atoms with Crippen LogP contribution in [0.2, 0.25) is 10.0 Å². The molecule has 36 heavy (non-hydrogen) atoms. The van der Waals surface area contributed by atoms with Crippen molar-refractivity contribution in [2.75, 3.05) is 6.54 Å². The average molecular weight is 522 g/mol. The SMILES string of the molecule is CCCCN(C(=O)c1ccc(Cl)cc1Cl)C(C)c1nc2ccccc2c(=O)n1-c1ccc(CC)cc1. The monoisotopic (exact) mass is 521 g/mol. The van der Waals surface area contributed by atoms with Gasteiger partial charge in [0, 0.05) is 11.6 Å². The van der Waals surface area contributed by atoms with Gasteiger partial charge in [-0.15, -0.1) is 0 Å². The van der Waals surface area contributed by atoms with Crippen molar-refractivity contribution in [3.8, 4) is 5.69 Å². The van der Waals surface area contributed by atoms with Gasteiger partial charge in [0.1, 0.15) is 5.82 Å². The normalized spacial score (nSPS) is 12.0. The zero-order chi connectivity index (χ0) is 25.8. The second kappa shape index (κ2) is 11.3. The molecule has 1 aromatic heterocycles. The maximum absolute atomic E-state index is 13.8. The molecule has 0 radical (unpaired) electrons. The molecule has 0 spiro atoms. The smallest absolute Gasteiger partial charge is 0.266 e. The van der Waals surface area contributed by atoms with Crippen molar-refractivity contribution in [3.63, 3.8) is 0 Å². The van der Waals surface area contributed by atoms with Gasteiger partial charge in [0.2, 0.25) is 0 Å². The summed E-state index contributed by atoms with van der Waals surface area (Å²) < 4.78 is 1.63. The molecule has 0 aliphatic rings. The molecule has 1 amide bonds. The zero-order valence-corrected chi connectivity index (χ0v) is 22.2. The van der Waals surface area contributed by atoms with Gasteiger partial charge in [0.05, 0.1) is 33.2 Å². The molecule has 186 valence electrons. The Morgan fingerprint density at radius 2 is 1.75 bits per heavy atom. The Labute approximate surface area is 221 Å². The number of aryl methyl sites for hydroxylation is 1. The molecule has 0 aliphatic carbocycles. The van der Waals surface area contributed by atoms with Crippen molar-refractivity contribution < 1.29 is 4.79 Å². The van der Waals surface area contributed by atoms with E-state index in [-0.39, 0.29) is 11.5 Å². The van der Waals surface area contributed by atoms with Crippen LogP contribution in [-0.2, 0) is 6.42 Å². The van der Waals surface area contributed by atoms with Gasteiger partial charge >= 0.3 is 0 Å². The quantitative estimate of drug-likeness (QED) is 0.245. The van der Waals surface area contributed by atoms with Crippen molar-refractivity contribution in [3.05, 3.63) is 104 Å². The molecular weight excluding hydrogens is 493 g/mol. The van der Waals surface area contributed by atoms with Gasteiger partial charge in [0.25, 0.3) is 11.5 Å². The highest BCUT2D eigenvalue weighted by Crippen LogP contribution is 2.28. The van der Waals surface area contributed by atoms with E-state index in [9.17, 15) is 9.59 Å². The number of amides is 1. The van der Waals surface area contributed by atoms with Gasteiger partial charge < -0.3 is 4.90 Å². The highest BCUT2D eigenvalue weighted by Gasteiger charge is 2.28. The first-order chi connectivity index (χ1) is 17.3. The lowest BCUT2D eigenvalue weighted by Gasteiger charge is -2.31. The molecule has 4 rings (SSSR count). The van der Waals surface area contributed by atoms with E-state index in [1.165, 1.54) is 5.56 Å². The summed E-state index contributed by atoms with van der Waals surface area (Å²) in [4.78, 5) is 34.2. The van der Waals surface area contributed by atoms with Crippen molar-refractivity contribution >= 4 is 40.0 Å². The summed E-state index contributed by atoms with van der Waals surface area (Å²) in [7, 11) is 0. The summed E-state index contributed by atoms with van der Waals surface area (Å²) in [5.41, 5.74) is 2.68. The van der Waals surface area contributed by atoms with Gasteiger partial charge in [-0.25, -0.2) is 4.98 Å². The number of aromatic nitrogens is 2. The summed E-state index contributed by atoms with van der Waals surface area (Å²) >= 11 is 12.5. The minimum absolute atomic E-state index is 0.167. The van der Waals surface area contributed by atoms with Crippen molar-refractivity contribution in [2.45, 2.75) is 46.1 Å². The number of nitrogens with zero attached hydrogens (tertiary/aromatic N) is 3. The molecule has 1 heterocycles. The first kappa shape index (κ1) is 25.9. The average Bonchev–Trinajstić information content (AvgIpc) is 2.88. The van der Waals surface area contributed by atoms with E-state index in [4.69, 9.17) is 28.2 Å². The Bertz CT molecular complexity index is 1450. The molecule has 0 fully saturated rings. The van der Waals surface area contributed by atoms with Crippen LogP contribution < -0.4 is 5.56 Å². The lowest BCUT2D eigenvalue weighted by molar-refractivity contribution is 0.0678. The Balaban J connectivity index is 1.89. The van der Waals surface area contributed by atoms with E-state index in [0.29, 0.717) is 44.6 Å². The van der Waals surface area contributed by atoms with Crippen LogP contribution in [0.1, 0.15) is 61.4 Å². The van der Waals surface area contributed by atoms with Crippen LogP contribution in [0.4, 0.5) is 0 Å². The zero-order valence-electron chi connectivity index (χ0n) is 20.7. The summed E-state index contributed by atoms with van der Waals surface area (Å²) in [5, 5.41) is 1.28. The van der Waals surface area contributed by atoms with Crippen molar-refractivity contribution in [1.29, 1.82) is 0 Å². The van der Waals surface area contributed by atoms with Crippen LogP contribution in [0.15, 0.2) is 71.5 Å². The first-order valence-electron chi connectivity index (χ1n) is 12.2. The lowest BCUT2D eigenvalue weighted by atomic mass is 10.1. The number of carbonyl (C=O) groups is 1. The number of fused-ring (bicyclic) bond motifs is 1. The van der Waals surface area contributed by atoms with E-state index in [1.807, 2.05) is 49.4 Å². The molecule has 0 saturated heterocycles. The second-order valence-corrected chi connectivity index (χ2v) is 9.64. The number of hydrogen-bond acceptors (Lipinski definition) is 3. The maximum atomic E-state index is 13.8. The number of carbonyl (C=O) groups excluding carboxylic acids is 1. The second-order valence-electron chi connectivity index (χ2n) is 8.80.